The zero-order valence-electron chi connectivity index (χ0n) is 8.59. The maximum absolute atomic E-state index is 9.24. The molecule has 3 N–H and O–H groups in total. The summed E-state index contributed by atoms with van der Waals surface area (Å²) < 4.78 is 0. The average molecular weight is 173 g/mol. The highest BCUT2D eigenvalue weighted by atomic mass is 16.3. The van der Waals surface area contributed by atoms with Gasteiger partial charge in [-0.05, 0) is 31.7 Å². The van der Waals surface area contributed by atoms with Crippen LogP contribution in [-0.2, 0) is 0 Å². The second-order valence-corrected chi connectivity index (χ2v) is 3.66. The zero-order valence-corrected chi connectivity index (χ0v) is 8.59. The van der Waals surface area contributed by atoms with Crippen LogP contribution in [0.2, 0.25) is 0 Å². The van der Waals surface area contributed by atoms with Gasteiger partial charge in [0.15, 0.2) is 0 Å². The van der Waals surface area contributed by atoms with Crippen LogP contribution in [0.5, 0.6) is 0 Å². The van der Waals surface area contributed by atoms with Gasteiger partial charge in [0.05, 0.1) is 6.10 Å². The molecule has 0 fully saturated rings. The molecule has 2 nitrogen and oxygen atoms in total. The van der Waals surface area contributed by atoms with Gasteiger partial charge in [0.1, 0.15) is 0 Å². The largest absolute Gasteiger partial charge is 0.393 e. The molecule has 0 spiro atoms. The summed E-state index contributed by atoms with van der Waals surface area (Å²) in [6, 6.07) is 0. The van der Waals surface area contributed by atoms with Crippen LogP contribution in [0, 0.1) is 11.8 Å². The Morgan fingerprint density at radius 1 is 1.17 bits per heavy atom. The number of hydrogen-bond donors (Lipinski definition) is 2. The number of aliphatic hydroxyl groups excluding tert-OH is 1. The van der Waals surface area contributed by atoms with E-state index in [0.29, 0.717) is 18.4 Å². The zero-order chi connectivity index (χ0) is 9.56. The Balaban J connectivity index is 3.92. The maximum atomic E-state index is 9.24. The lowest BCUT2D eigenvalue weighted by Gasteiger charge is -2.24. The summed E-state index contributed by atoms with van der Waals surface area (Å²) >= 11 is 0. The SMILES string of the molecule is CCC(CC)C(CN)CC(C)O. The van der Waals surface area contributed by atoms with Crippen molar-refractivity contribution in [3.63, 3.8) is 0 Å². The van der Waals surface area contributed by atoms with E-state index in [1.807, 2.05) is 6.92 Å². The number of rotatable bonds is 6. The van der Waals surface area contributed by atoms with Gasteiger partial charge in [-0.1, -0.05) is 26.7 Å². The minimum atomic E-state index is -0.209. The van der Waals surface area contributed by atoms with Crippen LogP contribution in [0.15, 0.2) is 0 Å². The quantitative estimate of drug-likeness (QED) is 0.643. The molecule has 0 saturated carbocycles. The van der Waals surface area contributed by atoms with Crippen molar-refractivity contribution in [3.8, 4) is 0 Å². The van der Waals surface area contributed by atoms with E-state index < -0.39 is 0 Å². The van der Waals surface area contributed by atoms with E-state index in [0.717, 1.165) is 6.42 Å². The van der Waals surface area contributed by atoms with Gasteiger partial charge in [0.2, 0.25) is 0 Å². The van der Waals surface area contributed by atoms with E-state index in [-0.39, 0.29) is 6.10 Å². The summed E-state index contributed by atoms with van der Waals surface area (Å²) in [6.07, 6.45) is 2.98. The molecule has 0 heterocycles. The highest BCUT2D eigenvalue weighted by Crippen LogP contribution is 2.22. The fourth-order valence-electron chi connectivity index (χ4n) is 1.87. The highest BCUT2D eigenvalue weighted by molar-refractivity contribution is 4.70. The van der Waals surface area contributed by atoms with Crippen molar-refractivity contribution >= 4 is 0 Å². The van der Waals surface area contributed by atoms with Crippen molar-refractivity contribution in [1.29, 1.82) is 0 Å². The van der Waals surface area contributed by atoms with Gasteiger partial charge in [-0.15, -0.1) is 0 Å². The third-order valence-electron chi connectivity index (χ3n) is 2.66. The molecule has 0 aliphatic heterocycles. The second kappa shape index (κ2) is 6.44. The van der Waals surface area contributed by atoms with Gasteiger partial charge < -0.3 is 10.8 Å². The van der Waals surface area contributed by atoms with Crippen molar-refractivity contribution in [2.24, 2.45) is 17.6 Å². The minimum Gasteiger partial charge on any atom is -0.393 e. The first-order valence-electron chi connectivity index (χ1n) is 5.03. The second-order valence-electron chi connectivity index (χ2n) is 3.66. The molecule has 0 saturated heterocycles. The molecule has 0 amide bonds. The molecule has 0 radical (unpaired) electrons. The van der Waals surface area contributed by atoms with Gasteiger partial charge in [0, 0.05) is 0 Å². The van der Waals surface area contributed by atoms with Crippen molar-refractivity contribution in [2.45, 2.75) is 46.1 Å². The summed E-state index contributed by atoms with van der Waals surface area (Å²) in [7, 11) is 0. The molecule has 0 aromatic rings. The monoisotopic (exact) mass is 173 g/mol. The highest BCUT2D eigenvalue weighted by Gasteiger charge is 2.18. The van der Waals surface area contributed by atoms with E-state index in [1.165, 1.54) is 12.8 Å². The van der Waals surface area contributed by atoms with Crippen molar-refractivity contribution in [3.05, 3.63) is 0 Å². The topological polar surface area (TPSA) is 46.2 Å². The van der Waals surface area contributed by atoms with Gasteiger partial charge in [-0.2, -0.15) is 0 Å². The molecule has 0 bridgehead atoms. The Labute approximate surface area is 76.2 Å². The predicted octanol–water partition coefficient (Wildman–Crippen LogP) is 1.77. The normalized spacial score (nSPS) is 16.5. The van der Waals surface area contributed by atoms with Gasteiger partial charge >= 0.3 is 0 Å². The van der Waals surface area contributed by atoms with Gasteiger partial charge in [-0.3, -0.25) is 0 Å². The smallest absolute Gasteiger partial charge is 0.0515 e. The Morgan fingerprint density at radius 2 is 1.67 bits per heavy atom. The summed E-state index contributed by atoms with van der Waals surface area (Å²) in [6.45, 7) is 6.93. The molecule has 12 heavy (non-hydrogen) atoms. The van der Waals surface area contributed by atoms with E-state index >= 15 is 0 Å². The van der Waals surface area contributed by atoms with E-state index in [2.05, 4.69) is 13.8 Å². The lowest BCUT2D eigenvalue weighted by atomic mass is 9.84. The molecule has 2 unspecified atom stereocenters. The molecular formula is C10H23NO. The van der Waals surface area contributed by atoms with Gasteiger partial charge in [-0.25, -0.2) is 0 Å². The van der Waals surface area contributed by atoms with Gasteiger partial charge in [0.25, 0.3) is 0 Å². The predicted molar refractivity (Wildman–Crippen MR) is 52.9 cm³/mol. The number of aliphatic hydroxyl groups is 1. The Kier molecular flexibility index (Phi) is 6.39. The lowest BCUT2D eigenvalue weighted by Crippen LogP contribution is -2.26. The van der Waals surface area contributed by atoms with Crippen molar-refractivity contribution in [1.82, 2.24) is 0 Å². The lowest BCUT2D eigenvalue weighted by molar-refractivity contribution is 0.139. The standard InChI is InChI=1S/C10H23NO/c1-4-9(5-2)10(7-11)6-8(3)12/h8-10,12H,4-7,11H2,1-3H3. The molecule has 0 aromatic carbocycles. The summed E-state index contributed by atoms with van der Waals surface area (Å²) in [4.78, 5) is 0. The Hall–Kier alpha value is -0.0800. The number of hydrogen-bond acceptors (Lipinski definition) is 2. The first-order chi connectivity index (χ1) is 5.65. The maximum Gasteiger partial charge on any atom is 0.0515 e. The van der Waals surface area contributed by atoms with Crippen LogP contribution in [0.3, 0.4) is 0 Å². The first kappa shape index (κ1) is 11.9. The van der Waals surface area contributed by atoms with Crippen LogP contribution < -0.4 is 5.73 Å². The molecule has 74 valence electrons. The third-order valence-corrected chi connectivity index (χ3v) is 2.66. The van der Waals surface area contributed by atoms with E-state index in [1.54, 1.807) is 0 Å². The van der Waals surface area contributed by atoms with Crippen LogP contribution in [0.25, 0.3) is 0 Å². The fourth-order valence-corrected chi connectivity index (χ4v) is 1.87. The summed E-state index contributed by atoms with van der Waals surface area (Å²) in [5.41, 5.74) is 5.66. The molecule has 0 aliphatic carbocycles. The first-order valence-corrected chi connectivity index (χ1v) is 5.03. The molecule has 0 aliphatic rings. The number of nitrogens with two attached hydrogens (primary N) is 1. The van der Waals surface area contributed by atoms with Crippen LogP contribution >= 0.6 is 0 Å². The molecule has 0 rings (SSSR count). The Bertz CT molecular complexity index is 100. The van der Waals surface area contributed by atoms with Crippen LogP contribution in [-0.4, -0.2) is 17.8 Å². The fraction of sp³-hybridized carbons (Fsp3) is 1.00. The minimum absolute atomic E-state index is 0.209. The van der Waals surface area contributed by atoms with Crippen molar-refractivity contribution < 1.29 is 5.11 Å². The van der Waals surface area contributed by atoms with Crippen LogP contribution in [0.4, 0.5) is 0 Å². The molecular weight excluding hydrogens is 150 g/mol. The van der Waals surface area contributed by atoms with E-state index in [4.69, 9.17) is 5.73 Å². The Morgan fingerprint density at radius 3 is 1.92 bits per heavy atom. The third kappa shape index (κ3) is 4.07. The summed E-state index contributed by atoms with van der Waals surface area (Å²) in [5, 5.41) is 9.24. The summed E-state index contributed by atoms with van der Waals surface area (Å²) in [5.74, 6) is 1.18. The van der Waals surface area contributed by atoms with Crippen LogP contribution in [0.1, 0.15) is 40.0 Å². The van der Waals surface area contributed by atoms with Crippen molar-refractivity contribution in [2.75, 3.05) is 6.54 Å². The molecule has 2 atom stereocenters. The molecule has 2 heteroatoms. The van der Waals surface area contributed by atoms with E-state index in [9.17, 15) is 5.11 Å². The average Bonchev–Trinajstić information content (AvgIpc) is 2.04. The molecule has 0 aromatic heterocycles.